The average molecular weight is 300 g/mol. The molecule has 22 heavy (non-hydrogen) atoms. The summed E-state index contributed by atoms with van der Waals surface area (Å²) in [6.45, 7) is 6.93. The first kappa shape index (κ1) is 11.6. The molecule has 2 N–H and O–H groups in total. The Bertz CT molecular complexity index is 713. The molecule has 2 aromatic rings. The maximum absolute atomic E-state index is 8.36. The van der Waals surface area contributed by atoms with Gasteiger partial charge in [-0.2, -0.15) is 0 Å². The minimum Gasteiger partial charge on any atom is -0.383 e. The summed E-state index contributed by atoms with van der Waals surface area (Å²) in [6.07, 6.45) is 0. The second-order valence-electron chi connectivity index (χ2n) is 6.05. The van der Waals surface area contributed by atoms with Crippen LogP contribution in [0, 0.1) is 41.5 Å². The second-order valence-corrected chi connectivity index (χ2v) is 6.05. The molecule has 0 unspecified atom stereocenters. The van der Waals surface area contributed by atoms with Crippen molar-refractivity contribution >= 4 is 11.4 Å². The fraction of sp³-hybridized carbons (Fsp3) is 0.400. The van der Waals surface area contributed by atoms with Gasteiger partial charge in [0, 0.05) is 24.4 Å². The molecule has 2 rings (SSSR count). The topological polar surface area (TPSA) is 24.1 Å². The summed E-state index contributed by atoms with van der Waals surface area (Å²) >= 11 is 0. The third kappa shape index (κ3) is 3.82. The minimum absolute atomic E-state index is 0.628. The number of nitrogens with one attached hydrogen (secondary N) is 2. The van der Waals surface area contributed by atoms with Gasteiger partial charge in [0.15, 0.2) is 0 Å². The number of hydrogen-bond acceptors (Lipinski definition) is 2. The van der Waals surface area contributed by atoms with E-state index in [0.29, 0.717) is 11.4 Å². The van der Waals surface area contributed by atoms with Crippen LogP contribution in [0.5, 0.6) is 0 Å². The van der Waals surface area contributed by atoms with Crippen molar-refractivity contribution in [3.8, 4) is 0 Å². The maximum atomic E-state index is 8.36. The van der Waals surface area contributed by atoms with E-state index < -0.39 is 13.0 Å². The molecule has 0 amide bonds. The zero-order chi connectivity index (χ0) is 19.9. The van der Waals surface area contributed by atoms with Crippen molar-refractivity contribution in [1.82, 2.24) is 0 Å². The molecule has 0 aliphatic heterocycles. The van der Waals surface area contributed by atoms with E-state index in [4.69, 9.17) is 5.48 Å². The number of hydrogen-bond donors (Lipinski definition) is 2. The quantitative estimate of drug-likeness (QED) is 0.806. The van der Waals surface area contributed by atoms with Crippen LogP contribution in [0.4, 0.5) is 11.4 Å². The summed E-state index contributed by atoms with van der Waals surface area (Å²) in [6, 6.07) is 7.84. The summed E-state index contributed by atoms with van der Waals surface area (Å²) < 4.78 is 33.5. The van der Waals surface area contributed by atoms with Crippen LogP contribution in [0.2, 0.25) is 0 Å². The lowest BCUT2D eigenvalue weighted by molar-refractivity contribution is 1.06. The highest BCUT2D eigenvalue weighted by Gasteiger charge is 2.05. The van der Waals surface area contributed by atoms with E-state index in [2.05, 4.69) is 10.6 Å². The van der Waals surface area contributed by atoms with Gasteiger partial charge < -0.3 is 10.6 Å². The van der Waals surface area contributed by atoms with E-state index in [1.807, 2.05) is 65.8 Å². The molecule has 0 aliphatic rings. The van der Waals surface area contributed by atoms with E-state index in [9.17, 15) is 0 Å². The van der Waals surface area contributed by atoms with Crippen molar-refractivity contribution in [3.63, 3.8) is 0 Å². The first-order chi connectivity index (χ1) is 11.8. The average Bonchev–Trinajstić information content (AvgIpc) is 2.46. The van der Waals surface area contributed by atoms with E-state index in [-0.39, 0.29) is 0 Å². The zero-order valence-electron chi connectivity index (χ0n) is 18.3. The molecule has 0 saturated carbocycles. The zero-order valence-corrected chi connectivity index (χ0v) is 14.3. The highest BCUT2D eigenvalue weighted by atomic mass is 15.0. The van der Waals surface area contributed by atoms with Gasteiger partial charge in [-0.1, -0.05) is 35.4 Å². The molecule has 0 radical (unpaired) electrons. The smallest absolute Gasteiger partial charge is 0.0509 e. The largest absolute Gasteiger partial charge is 0.383 e. The first-order valence-electron chi connectivity index (χ1n) is 9.56. The van der Waals surface area contributed by atoms with Gasteiger partial charge in [-0.15, -0.1) is 0 Å². The Morgan fingerprint density at radius 2 is 0.909 bits per heavy atom. The molecule has 118 valence electrons. The van der Waals surface area contributed by atoms with Gasteiger partial charge in [-0.25, -0.2) is 0 Å². The third-order valence-corrected chi connectivity index (χ3v) is 3.79. The summed E-state index contributed by atoms with van der Waals surface area (Å²) in [7, 11) is 0. The van der Waals surface area contributed by atoms with Crippen molar-refractivity contribution in [2.75, 3.05) is 23.6 Å². The van der Waals surface area contributed by atoms with Gasteiger partial charge in [-0.3, -0.25) is 0 Å². The van der Waals surface area contributed by atoms with E-state index in [0.717, 1.165) is 33.4 Å². The van der Waals surface area contributed by atoms with Crippen LogP contribution in [0.15, 0.2) is 24.3 Å². The van der Waals surface area contributed by atoms with Gasteiger partial charge in [-0.05, 0) is 63.8 Å². The Kier molecular flexibility index (Phi) is 3.62. The number of benzene rings is 2. The van der Waals surface area contributed by atoms with E-state index >= 15 is 0 Å². The molecular weight excluding hydrogens is 268 g/mol. The first-order valence-corrected chi connectivity index (χ1v) is 7.56. The molecule has 2 heteroatoms. The predicted octanol–water partition coefficient (Wildman–Crippen LogP) is 5.06. The van der Waals surface area contributed by atoms with Crippen LogP contribution in [0.25, 0.3) is 0 Å². The summed E-state index contributed by atoms with van der Waals surface area (Å²) in [5.41, 5.74) is 7.02. The molecular formula is C20H28N2. The van der Waals surface area contributed by atoms with Crippen LogP contribution < -0.4 is 10.6 Å². The molecule has 2 aromatic carbocycles. The molecule has 0 spiro atoms. The normalized spacial score (nSPS) is 14.6. The Morgan fingerprint density at radius 3 is 1.18 bits per heavy atom. The standard InChI is InChI=1S/C20H28N2/c1-13-9-15(3)19(16(4)10-13)21-7-8-22-20-17(5)11-14(2)12-18(20)6/h9-12,21-22H,7-8H2,1-6H3/i7D2,8D2. The highest BCUT2D eigenvalue weighted by molar-refractivity contribution is 5.60. The highest BCUT2D eigenvalue weighted by Crippen LogP contribution is 2.23. The van der Waals surface area contributed by atoms with Crippen LogP contribution in [-0.4, -0.2) is 13.0 Å². The molecule has 0 aromatic heterocycles. The summed E-state index contributed by atoms with van der Waals surface area (Å²) in [5.74, 6) is 0. The number of anilines is 2. The third-order valence-electron chi connectivity index (χ3n) is 3.79. The number of aryl methyl sites for hydroxylation is 6. The Hall–Kier alpha value is -1.96. The molecule has 0 heterocycles. The van der Waals surface area contributed by atoms with Crippen molar-refractivity contribution in [3.05, 3.63) is 57.6 Å². The monoisotopic (exact) mass is 300 g/mol. The van der Waals surface area contributed by atoms with E-state index in [1.54, 1.807) is 0 Å². The summed E-state index contributed by atoms with van der Waals surface area (Å²) in [4.78, 5) is 0. The summed E-state index contributed by atoms with van der Waals surface area (Å²) in [5, 5.41) is 5.58. The lowest BCUT2D eigenvalue weighted by Gasteiger charge is -2.17. The molecule has 0 bridgehead atoms. The van der Waals surface area contributed by atoms with Gasteiger partial charge in [0.05, 0.1) is 5.48 Å². The van der Waals surface area contributed by atoms with Gasteiger partial charge in [0.25, 0.3) is 0 Å². The van der Waals surface area contributed by atoms with Crippen LogP contribution in [-0.2, 0) is 0 Å². The van der Waals surface area contributed by atoms with Crippen molar-refractivity contribution in [2.24, 2.45) is 0 Å². The molecule has 0 atom stereocenters. The van der Waals surface area contributed by atoms with Crippen molar-refractivity contribution in [1.29, 1.82) is 0 Å². The lowest BCUT2D eigenvalue weighted by atomic mass is 10.0. The predicted molar refractivity (Wildman–Crippen MR) is 98.3 cm³/mol. The molecule has 2 nitrogen and oxygen atoms in total. The fourth-order valence-corrected chi connectivity index (χ4v) is 2.94. The van der Waals surface area contributed by atoms with Gasteiger partial charge >= 0.3 is 0 Å². The minimum atomic E-state index is -2.32. The second kappa shape index (κ2) is 6.87. The van der Waals surface area contributed by atoms with Crippen LogP contribution >= 0.6 is 0 Å². The number of rotatable bonds is 5. The molecule has 0 aliphatic carbocycles. The van der Waals surface area contributed by atoms with E-state index in [1.165, 1.54) is 0 Å². The van der Waals surface area contributed by atoms with Crippen molar-refractivity contribution < 1.29 is 5.48 Å². The van der Waals surface area contributed by atoms with Gasteiger partial charge in [0.1, 0.15) is 0 Å². The Morgan fingerprint density at radius 1 is 0.636 bits per heavy atom. The van der Waals surface area contributed by atoms with Crippen molar-refractivity contribution in [2.45, 2.75) is 41.5 Å². The van der Waals surface area contributed by atoms with Crippen LogP contribution in [0.3, 0.4) is 0 Å². The lowest BCUT2D eigenvalue weighted by Crippen LogP contribution is -2.16. The van der Waals surface area contributed by atoms with Crippen LogP contribution in [0.1, 0.15) is 38.9 Å². The Labute approximate surface area is 140 Å². The fourth-order valence-electron chi connectivity index (χ4n) is 2.94. The maximum Gasteiger partial charge on any atom is 0.0509 e. The Balaban J connectivity index is 2.36. The van der Waals surface area contributed by atoms with Gasteiger partial charge in [0.2, 0.25) is 0 Å². The molecule has 0 fully saturated rings. The molecule has 0 saturated heterocycles. The SMILES string of the molecule is [2H]C([2H])(Nc1c(C)cc(C)cc1C)C([2H])([2H])Nc1c(C)cc(C)cc1C.